The minimum absolute atomic E-state index is 0.587. The Morgan fingerprint density at radius 1 is 1.43 bits per heavy atom. The maximum atomic E-state index is 11.4. The number of carbonyl (C=O) groups is 1. The molecule has 0 amide bonds. The van der Waals surface area contributed by atoms with Crippen molar-refractivity contribution in [3.05, 3.63) is 28.2 Å². The summed E-state index contributed by atoms with van der Waals surface area (Å²) in [4.78, 5) is 13.6. The fourth-order valence-electron chi connectivity index (χ4n) is 2.95. The van der Waals surface area contributed by atoms with Crippen molar-refractivity contribution in [2.45, 2.75) is 46.1 Å². The number of hydrogen-bond acceptors (Lipinski definition) is 3. The summed E-state index contributed by atoms with van der Waals surface area (Å²) in [6, 6.07) is 6.06. The van der Waals surface area contributed by atoms with Crippen molar-refractivity contribution < 1.29 is 14.6 Å². The molecule has 0 saturated carbocycles. The highest BCUT2D eigenvalue weighted by atomic mass is 79.9. The first kappa shape index (κ1) is 18.3. The molecule has 1 aliphatic rings. The van der Waals surface area contributed by atoms with Crippen LogP contribution in [-0.2, 0) is 11.3 Å². The number of rotatable bonds is 8. The molecule has 4 nitrogen and oxygen atoms in total. The monoisotopic (exact) mass is 383 g/mol. The average molecular weight is 384 g/mol. The minimum atomic E-state index is -0.703. The molecule has 1 aromatic carbocycles. The molecule has 1 saturated heterocycles. The number of benzene rings is 1. The van der Waals surface area contributed by atoms with E-state index in [4.69, 9.17) is 4.74 Å². The summed E-state index contributed by atoms with van der Waals surface area (Å²) in [7, 11) is 0. The molecule has 128 valence electrons. The Balaban J connectivity index is 2.01. The van der Waals surface area contributed by atoms with E-state index in [1.165, 1.54) is 12.8 Å². The lowest BCUT2D eigenvalue weighted by Crippen LogP contribution is -2.31. The Bertz CT molecular complexity index is 549. The van der Waals surface area contributed by atoms with Crippen molar-refractivity contribution in [3.63, 3.8) is 0 Å². The van der Waals surface area contributed by atoms with Crippen molar-refractivity contribution in [1.29, 1.82) is 0 Å². The van der Waals surface area contributed by atoms with E-state index in [0.29, 0.717) is 13.0 Å². The second kappa shape index (κ2) is 8.15. The fraction of sp³-hybridized carbons (Fsp3) is 0.611. The number of carboxylic acids is 1. The van der Waals surface area contributed by atoms with Gasteiger partial charge in [0.2, 0.25) is 0 Å². The van der Waals surface area contributed by atoms with E-state index in [1.807, 2.05) is 19.1 Å². The summed E-state index contributed by atoms with van der Waals surface area (Å²) in [6.45, 7) is 6.87. The number of likely N-dealkylation sites (tertiary alicyclic amines) is 1. The van der Waals surface area contributed by atoms with Crippen LogP contribution in [-0.4, -0.2) is 35.7 Å². The fourth-order valence-corrected chi connectivity index (χ4v) is 3.36. The molecule has 1 aromatic rings. The Morgan fingerprint density at radius 3 is 2.87 bits per heavy atom. The summed E-state index contributed by atoms with van der Waals surface area (Å²) >= 11 is 3.52. The summed E-state index contributed by atoms with van der Waals surface area (Å²) in [5.74, 6) is 0.207. The number of unbranched alkanes of at least 4 members (excludes halogenated alkanes) is 2. The Labute approximate surface area is 147 Å². The van der Waals surface area contributed by atoms with Gasteiger partial charge in [0.25, 0.3) is 0 Å². The van der Waals surface area contributed by atoms with Crippen LogP contribution in [0.1, 0.15) is 45.1 Å². The average Bonchev–Trinajstić information content (AvgIpc) is 2.88. The van der Waals surface area contributed by atoms with Crippen molar-refractivity contribution in [1.82, 2.24) is 4.90 Å². The Kier molecular flexibility index (Phi) is 6.48. The molecule has 1 heterocycles. The van der Waals surface area contributed by atoms with Gasteiger partial charge in [0.15, 0.2) is 0 Å². The van der Waals surface area contributed by atoms with Crippen LogP contribution in [0.15, 0.2) is 22.7 Å². The molecule has 1 fully saturated rings. The van der Waals surface area contributed by atoms with Gasteiger partial charge in [-0.2, -0.15) is 0 Å². The third-order valence-electron chi connectivity index (χ3n) is 4.49. The maximum Gasteiger partial charge on any atom is 0.310 e. The van der Waals surface area contributed by atoms with Crippen molar-refractivity contribution in [3.8, 4) is 5.75 Å². The lowest BCUT2D eigenvalue weighted by Gasteiger charge is -2.21. The van der Waals surface area contributed by atoms with Gasteiger partial charge in [-0.15, -0.1) is 0 Å². The van der Waals surface area contributed by atoms with E-state index in [2.05, 4.69) is 33.8 Å². The molecule has 1 unspecified atom stereocenters. The van der Waals surface area contributed by atoms with E-state index in [1.54, 1.807) is 0 Å². The molecular formula is C18H26BrNO3. The second-order valence-electron chi connectivity index (χ2n) is 6.63. The number of nitrogens with zero attached hydrogens (tertiary/aromatic N) is 1. The van der Waals surface area contributed by atoms with E-state index >= 15 is 0 Å². The number of carboxylic acid groups (broad SMARTS) is 1. The van der Waals surface area contributed by atoms with Crippen LogP contribution in [0.5, 0.6) is 5.75 Å². The van der Waals surface area contributed by atoms with Crippen LogP contribution in [0.4, 0.5) is 0 Å². The van der Waals surface area contributed by atoms with Gasteiger partial charge in [-0.1, -0.05) is 35.7 Å². The van der Waals surface area contributed by atoms with Gasteiger partial charge in [-0.05, 0) is 44.5 Å². The molecule has 1 atom stereocenters. The summed E-state index contributed by atoms with van der Waals surface area (Å²) in [6.07, 6.45) is 4.11. The lowest BCUT2D eigenvalue weighted by atomic mass is 9.90. The minimum Gasteiger partial charge on any atom is -0.493 e. The largest absolute Gasteiger partial charge is 0.493 e. The molecule has 0 aliphatic carbocycles. The normalized spacial score (nSPS) is 21.5. The van der Waals surface area contributed by atoms with E-state index < -0.39 is 11.4 Å². The molecule has 0 radical (unpaired) electrons. The molecule has 5 heteroatoms. The third-order valence-corrected chi connectivity index (χ3v) is 4.98. The molecule has 1 aliphatic heterocycles. The van der Waals surface area contributed by atoms with Gasteiger partial charge in [0.05, 0.1) is 12.0 Å². The van der Waals surface area contributed by atoms with E-state index in [0.717, 1.165) is 41.9 Å². The number of ether oxygens (including phenoxy) is 1. The number of aliphatic carboxylic acids is 1. The zero-order valence-electron chi connectivity index (χ0n) is 14.0. The van der Waals surface area contributed by atoms with Crippen LogP contribution in [0.2, 0.25) is 0 Å². The highest BCUT2D eigenvalue weighted by molar-refractivity contribution is 9.10. The number of hydrogen-bond donors (Lipinski definition) is 1. The molecular weight excluding hydrogens is 358 g/mol. The Hall–Kier alpha value is -1.07. The zero-order chi connectivity index (χ0) is 16.9. The van der Waals surface area contributed by atoms with Crippen LogP contribution >= 0.6 is 15.9 Å². The first-order chi connectivity index (χ1) is 10.9. The SMILES string of the molecule is CCCCCOc1ccc(Br)cc1CN1CCC(C)(C(=O)O)C1. The molecule has 0 spiro atoms. The van der Waals surface area contributed by atoms with Gasteiger partial charge < -0.3 is 9.84 Å². The standard InChI is InChI=1S/C18H26BrNO3/c1-3-4-5-10-23-16-7-6-15(19)11-14(16)12-20-9-8-18(2,13-20)17(21)22/h6-7,11H,3-5,8-10,12-13H2,1-2H3,(H,21,22). The predicted octanol–water partition coefficient (Wildman–Crippen LogP) is 4.31. The highest BCUT2D eigenvalue weighted by Gasteiger charge is 2.40. The van der Waals surface area contributed by atoms with Crippen molar-refractivity contribution >= 4 is 21.9 Å². The smallest absolute Gasteiger partial charge is 0.310 e. The predicted molar refractivity (Wildman–Crippen MR) is 94.8 cm³/mol. The van der Waals surface area contributed by atoms with Gasteiger partial charge in [-0.3, -0.25) is 9.69 Å². The second-order valence-corrected chi connectivity index (χ2v) is 7.55. The summed E-state index contributed by atoms with van der Waals surface area (Å²) in [5.41, 5.74) is 0.485. The lowest BCUT2D eigenvalue weighted by molar-refractivity contribution is -0.147. The van der Waals surface area contributed by atoms with E-state index in [9.17, 15) is 9.90 Å². The zero-order valence-corrected chi connectivity index (χ0v) is 15.6. The van der Waals surface area contributed by atoms with Gasteiger partial charge in [0, 0.05) is 23.1 Å². The molecule has 0 aromatic heterocycles. The van der Waals surface area contributed by atoms with Gasteiger partial charge >= 0.3 is 5.97 Å². The third kappa shape index (κ3) is 4.95. The van der Waals surface area contributed by atoms with E-state index in [-0.39, 0.29) is 0 Å². The summed E-state index contributed by atoms with van der Waals surface area (Å²) in [5, 5.41) is 9.36. The number of halogens is 1. The first-order valence-corrected chi connectivity index (χ1v) is 9.11. The van der Waals surface area contributed by atoms with Crippen LogP contribution < -0.4 is 4.74 Å². The van der Waals surface area contributed by atoms with Crippen LogP contribution in [0.25, 0.3) is 0 Å². The van der Waals surface area contributed by atoms with Crippen molar-refractivity contribution in [2.24, 2.45) is 5.41 Å². The topological polar surface area (TPSA) is 49.8 Å². The highest BCUT2D eigenvalue weighted by Crippen LogP contribution is 2.33. The maximum absolute atomic E-state index is 11.4. The first-order valence-electron chi connectivity index (χ1n) is 8.31. The van der Waals surface area contributed by atoms with Crippen LogP contribution in [0.3, 0.4) is 0 Å². The van der Waals surface area contributed by atoms with Crippen molar-refractivity contribution in [2.75, 3.05) is 19.7 Å². The molecule has 23 heavy (non-hydrogen) atoms. The van der Waals surface area contributed by atoms with Gasteiger partial charge in [-0.25, -0.2) is 0 Å². The summed E-state index contributed by atoms with van der Waals surface area (Å²) < 4.78 is 6.96. The molecule has 2 rings (SSSR count). The van der Waals surface area contributed by atoms with Gasteiger partial charge in [0.1, 0.15) is 5.75 Å². The molecule has 1 N–H and O–H groups in total. The van der Waals surface area contributed by atoms with Crippen LogP contribution in [0, 0.1) is 5.41 Å². The Morgan fingerprint density at radius 2 is 2.22 bits per heavy atom. The molecule has 0 bridgehead atoms. The quantitative estimate of drug-likeness (QED) is 0.679.